The number of alkyl halides is 1. The average molecular weight is 218 g/mol. The summed E-state index contributed by atoms with van der Waals surface area (Å²) >= 11 is 5.93. The molecule has 0 heterocycles. The van der Waals surface area contributed by atoms with E-state index in [1.807, 2.05) is 18.2 Å². The number of nitrogens with zero attached hydrogens (tertiary/aromatic N) is 1. The Morgan fingerprint density at radius 1 is 1.64 bits per heavy atom. The van der Waals surface area contributed by atoms with Crippen molar-refractivity contribution in [2.24, 2.45) is 5.16 Å². The summed E-state index contributed by atoms with van der Waals surface area (Å²) in [6, 6.07) is 0. The van der Waals surface area contributed by atoms with Crippen LogP contribution in [-0.2, 0) is 4.79 Å². The minimum atomic E-state index is -0.833. The molecule has 0 aliphatic heterocycles. The molecule has 14 heavy (non-hydrogen) atoms. The zero-order chi connectivity index (χ0) is 11.0. The Hall–Kier alpha value is -1.29. The highest BCUT2D eigenvalue weighted by Gasteiger charge is 2.20. The highest BCUT2D eigenvalue weighted by molar-refractivity contribution is 6.33. The second-order valence-corrected chi connectivity index (χ2v) is 3.39. The lowest BCUT2D eigenvalue weighted by atomic mass is 10.0. The largest absolute Gasteiger partial charge is 0.481 e. The molecule has 0 amide bonds. The minimum absolute atomic E-state index is 0.608. The summed E-state index contributed by atoms with van der Waals surface area (Å²) in [6.07, 6.45) is 9.44. The van der Waals surface area contributed by atoms with E-state index in [4.69, 9.17) is 26.7 Å². The molecule has 5 heteroatoms. The van der Waals surface area contributed by atoms with Crippen molar-refractivity contribution in [1.82, 2.24) is 0 Å². The number of oxime groups is 1. The van der Waals surface area contributed by atoms with Gasteiger partial charge in [0.15, 0.2) is 0 Å². The molecule has 0 aromatic carbocycles. The number of allylic oxidation sites excluding steroid dienone is 4. The zero-order valence-corrected chi connectivity index (χ0v) is 8.48. The first kappa shape index (κ1) is 12.7. The van der Waals surface area contributed by atoms with Gasteiger partial charge < -0.3 is 10.3 Å². The van der Waals surface area contributed by atoms with E-state index in [1.165, 1.54) is 6.21 Å². The number of hydrogen-bond acceptors (Lipinski definition) is 3. The van der Waals surface area contributed by atoms with Crippen molar-refractivity contribution in [2.75, 3.05) is 0 Å². The number of carboxylic acid groups (broad SMARTS) is 1. The van der Waals surface area contributed by atoms with Crippen LogP contribution in [0, 0.1) is 0 Å². The molecule has 78 valence electrons. The van der Waals surface area contributed by atoms with E-state index in [-0.39, 0.29) is 0 Å². The summed E-state index contributed by atoms with van der Waals surface area (Å²) in [5.41, 5.74) is 0. The van der Waals surface area contributed by atoms with Gasteiger partial charge in [-0.05, 0) is 6.42 Å². The summed E-state index contributed by atoms with van der Waals surface area (Å²) in [6.45, 7) is 1.08. The van der Waals surface area contributed by atoms with E-state index in [9.17, 15) is 0 Å². The topological polar surface area (TPSA) is 69.9 Å². The summed E-state index contributed by atoms with van der Waals surface area (Å²) in [7, 11) is 0. The number of carbonyl (C=O) groups is 1. The molecule has 1 aliphatic rings. The smallest absolute Gasteiger partial charge is 0.300 e. The van der Waals surface area contributed by atoms with Gasteiger partial charge >= 0.3 is 0 Å². The Morgan fingerprint density at radius 3 is 2.57 bits per heavy atom. The quantitative estimate of drug-likeness (QED) is 0.306. The van der Waals surface area contributed by atoms with Gasteiger partial charge in [-0.25, -0.2) is 0 Å². The first-order valence-electron chi connectivity index (χ1n) is 3.91. The number of aliphatic carboxylic acids is 1. The zero-order valence-electron chi connectivity index (χ0n) is 7.72. The summed E-state index contributed by atoms with van der Waals surface area (Å²) in [5, 5.41) is 18.5. The number of rotatable bonds is 1. The van der Waals surface area contributed by atoms with Crippen LogP contribution in [0.5, 0.6) is 0 Å². The molecule has 0 saturated heterocycles. The van der Waals surface area contributed by atoms with E-state index in [2.05, 4.69) is 5.16 Å². The van der Waals surface area contributed by atoms with Crippen molar-refractivity contribution >= 4 is 23.8 Å². The van der Waals surface area contributed by atoms with Crippen molar-refractivity contribution in [3.63, 3.8) is 0 Å². The second-order valence-electron chi connectivity index (χ2n) is 2.68. The predicted molar refractivity (Wildman–Crippen MR) is 55.1 cm³/mol. The Morgan fingerprint density at radius 2 is 2.21 bits per heavy atom. The summed E-state index contributed by atoms with van der Waals surface area (Å²) in [4.78, 5) is 8.39. The molecule has 0 saturated carbocycles. The maximum absolute atomic E-state index is 9.00. The second kappa shape index (κ2) is 6.21. The van der Waals surface area contributed by atoms with Crippen LogP contribution in [0.3, 0.4) is 0 Å². The van der Waals surface area contributed by atoms with Crippen LogP contribution in [0.1, 0.15) is 13.3 Å². The van der Waals surface area contributed by atoms with E-state index in [0.717, 1.165) is 6.92 Å². The van der Waals surface area contributed by atoms with Gasteiger partial charge in [-0.2, -0.15) is 0 Å². The van der Waals surface area contributed by atoms with Crippen molar-refractivity contribution in [1.29, 1.82) is 0 Å². The van der Waals surface area contributed by atoms with Gasteiger partial charge in [0.05, 0.1) is 6.21 Å². The molecule has 0 radical (unpaired) electrons. The number of hydrogen-bond donors (Lipinski definition) is 2. The van der Waals surface area contributed by atoms with Crippen LogP contribution < -0.4 is 0 Å². The van der Waals surface area contributed by atoms with Crippen LogP contribution >= 0.6 is 11.6 Å². The fourth-order valence-corrected chi connectivity index (χ4v) is 1.01. The molecule has 1 atom stereocenters. The molecular formula is C9H12ClNO3. The Labute approximate surface area is 87.2 Å². The molecule has 1 rings (SSSR count). The monoisotopic (exact) mass is 217 g/mol. The third kappa shape index (κ3) is 6.25. The molecule has 4 nitrogen and oxygen atoms in total. The van der Waals surface area contributed by atoms with Gasteiger partial charge in [-0.1, -0.05) is 29.5 Å². The minimum Gasteiger partial charge on any atom is -0.481 e. The lowest BCUT2D eigenvalue weighted by Crippen LogP contribution is -2.20. The van der Waals surface area contributed by atoms with Crippen LogP contribution in [-0.4, -0.2) is 27.4 Å². The fraction of sp³-hybridized carbons (Fsp3) is 0.333. The van der Waals surface area contributed by atoms with Gasteiger partial charge in [-0.15, -0.1) is 11.6 Å². The van der Waals surface area contributed by atoms with Gasteiger partial charge in [-0.3, -0.25) is 4.79 Å². The van der Waals surface area contributed by atoms with Gasteiger partial charge in [0.2, 0.25) is 0 Å². The fourth-order valence-electron chi connectivity index (χ4n) is 0.803. The molecule has 0 aromatic rings. The van der Waals surface area contributed by atoms with E-state index in [1.54, 1.807) is 6.08 Å². The van der Waals surface area contributed by atoms with Crippen molar-refractivity contribution in [2.45, 2.75) is 18.2 Å². The molecule has 0 aromatic heterocycles. The van der Waals surface area contributed by atoms with E-state index < -0.39 is 10.8 Å². The molecular weight excluding hydrogens is 206 g/mol. The molecule has 1 aliphatic carbocycles. The first-order chi connectivity index (χ1) is 6.50. The maximum atomic E-state index is 9.00. The SMILES string of the molecule is CC(=O)O.ON=CC1(Cl)C=CC=CC1. The first-order valence-corrected chi connectivity index (χ1v) is 4.29. The predicted octanol–water partition coefficient (Wildman–Crippen LogP) is 2.03. The van der Waals surface area contributed by atoms with E-state index in [0.29, 0.717) is 6.42 Å². The molecule has 0 spiro atoms. The average Bonchev–Trinajstić information content (AvgIpc) is 2.04. The third-order valence-electron chi connectivity index (χ3n) is 1.32. The Bertz CT molecular complexity index is 269. The molecule has 2 N–H and O–H groups in total. The molecule has 1 unspecified atom stereocenters. The van der Waals surface area contributed by atoms with Crippen LogP contribution in [0.15, 0.2) is 29.5 Å². The molecule has 0 bridgehead atoms. The van der Waals surface area contributed by atoms with Crippen LogP contribution in [0.4, 0.5) is 0 Å². The van der Waals surface area contributed by atoms with E-state index >= 15 is 0 Å². The normalized spacial score (nSPS) is 24.4. The van der Waals surface area contributed by atoms with Crippen molar-refractivity contribution in [3.05, 3.63) is 24.3 Å². The van der Waals surface area contributed by atoms with Crippen LogP contribution in [0.25, 0.3) is 0 Å². The lowest BCUT2D eigenvalue weighted by Gasteiger charge is -2.16. The maximum Gasteiger partial charge on any atom is 0.300 e. The number of halogens is 1. The molecule has 0 fully saturated rings. The van der Waals surface area contributed by atoms with Crippen molar-refractivity contribution < 1.29 is 15.1 Å². The van der Waals surface area contributed by atoms with Crippen molar-refractivity contribution in [3.8, 4) is 0 Å². The lowest BCUT2D eigenvalue weighted by molar-refractivity contribution is -0.134. The standard InChI is InChI=1S/C7H8ClNO.C2H4O2/c8-7(6-9-10)4-2-1-3-5-7;1-2(3)4/h1-4,6,10H,5H2;1H3,(H,3,4). The Kier molecular flexibility index (Phi) is 5.64. The summed E-state index contributed by atoms with van der Waals surface area (Å²) in [5.74, 6) is -0.833. The third-order valence-corrected chi connectivity index (χ3v) is 1.70. The van der Waals surface area contributed by atoms with Gasteiger partial charge in [0, 0.05) is 6.92 Å². The van der Waals surface area contributed by atoms with Gasteiger partial charge in [0.1, 0.15) is 4.87 Å². The highest BCUT2D eigenvalue weighted by atomic mass is 35.5. The number of carboxylic acids is 1. The van der Waals surface area contributed by atoms with Crippen LogP contribution in [0.2, 0.25) is 0 Å². The van der Waals surface area contributed by atoms with Gasteiger partial charge in [0.25, 0.3) is 5.97 Å². The highest BCUT2D eigenvalue weighted by Crippen LogP contribution is 2.22. The summed E-state index contributed by atoms with van der Waals surface area (Å²) < 4.78 is 0. The Balaban J connectivity index is 0.000000364.